The van der Waals surface area contributed by atoms with Gasteiger partial charge < -0.3 is 9.52 Å². The third kappa shape index (κ3) is 2.34. The fraction of sp³-hybridized carbons (Fsp3) is 0.0556. The first-order valence-corrected chi connectivity index (χ1v) is 6.65. The Kier molecular flexibility index (Phi) is 3.32. The molecule has 0 saturated heterocycles. The van der Waals surface area contributed by atoms with Gasteiger partial charge in [0.2, 0.25) is 0 Å². The number of hydrogen-bond donors (Lipinski definition) is 1. The predicted molar refractivity (Wildman–Crippen MR) is 83.5 cm³/mol. The average Bonchev–Trinajstić information content (AvgIpc) is 2.51. The molecule has 3 heteroatoms. The molecule has 0 aliphatic carbocycles. The Morgan fingerprint density at radius 1 is 1.14 bits per heavy atom. The number of benzene rings is 2. The summed E-state index contributed by atoms with van der Waals surface area (Å²) in [6.07, 6.45) is 2.07. The zero-order valence-electron chi connectivity index (χ0n) is 11.4. The van der Waals surface area contributed by atoms with E-state index in [1.54, 1.807) is 18.2 Å². The Labute approximate surface area is 121 Å². The normalized spacial score (nSPS) is 10.7. The first-order valence-electron chi connectivity index (χ1n) is 6.65. The van der Waals surface area contributed by atoms with Crippen LogP contribution in [0.2, 0.25) is 0 Å². The van der Waals surface area contributed by atoms with Gasteiger partial charge in [0, 0.05) is 17.2 Å². The lowest BCUT2D eigenvalue weighted by atomic mass is 10.0. The summed E-state index contributed by atoms with van der Waals surface area (Å²) in [5, 5.41) is 10.3. The molecule has 0 amide bonds. The molecule has 1 heterocycles. The molecular formula is C18H14O3. The Balaban J connectivity index is 2.30. The molecule has 0 atom stereocenters. The van der Waals surface area contributed by atoms with Crippen molar-refractivity contribution >= 4 is 11.0 Å². The van der Waals surface area contributed by atoms with Crippen molar-refractivity contribution in [1.29, 1.82) is 0 Å². The SMILES string of the molecule is C=CCc1c(O)ccc2oc(-c3ccccc3)cc(=O)c12. The Morgan fingerprint density at radius 3 is 2.62 bits per heavy atom. The van der Waals surface area contributed by atoms with Crippen molar-refractivity contribution in [2.45, 2.75) is 6.42 Å². The van der Waals surface area contributed by atoms with Gasteiger partial charge in [-0.3, -0.25) is 4.79 Å². The van der Waals surface area contributed by atoms with Crippen LogP contribution in [0.1, 0.15) is 5.56 Å². The van der Waals surface area contributed by atoms with Gasteiger partial charge in [0.15, 0.2) is 5.43 Å². The number of hydrogen-bond acceptors (Lipinski definition) is 3. The van der Waals surface area contributed by atoms with Gasteiger partial charge in [0.25, 0.3) is 0 Å². The molecule has 104 valence electrons. The van der Waals surface area contributed by atoms with E-state index in [2.05, 4.69) is 6.58 Å². The highest BCUT2D eigenvalue weighted by Crippen LogP contribution is 2.28. The molecule has 0 fully saturated rings. The molecule has 1 aromatic heterocycles. The Morgan fingerprint density at radius 2 is 1.90 bits per heavy atom. The van der Waals surface area contributed by atoms with Crippen molar-refractivity contribution in [2.24, 2.45) is 0 Å². The molecular weight excluding hydrogens is 264 g/mol. The highest BCUT2D eigenvalue weighted by atomic mass is 16.3. The van der Waals surface area contributed by atoms with Crippen LogP contribution in [0.4, 0.5) is 0 Å². The molecule has 21 heavy (non-hydrogen) atoms. The van der Waals surface area contributed by atoms with Crippen LogP contribution in [0.5, 0.6) is 5.75 Å². The van der Waals surface area contributed by atoms with E-state index in [0.717, 1.165) is 5.56 Å². The second-order valence-electron chi connectivity index (χ2n) is 4.77. The third-order valence-corrected chi connectivity index (χ3v) is 3.39. The summed E-state index contributed by atoms with van der Waals surface area (Å²) in [6.45, 7) is 3.65. The van der Waals surface area contributed by atoms with E-state index in [0.29, 0.717) is 28.7 Å². The number of fused-ring (bicyclic) bond motifs is 1. The second kappa shape index (κ2) is 5.29. The minimum Gasteiger partial charge on any atom is -0.508 e. The van der Waals surface area contributed by atoms with Crippen LogP contribution in [-0.2, 0) is 6.42 Å². The second-order valence-corrected chi connectivity index (χ2v) is 4.77. The largest absolute Gasteiger partial charge is 0.508 e. The van der Waals surface area contributed by atoms with Crippen molar-refractivity contribution < 1.29 is 9.52 Å². The highest BCUT2D eigenvalue weighted by molar-refractivity contribution is 5.84. The van der Waals surface area contributed by atoms with Crippen molar-refractivity contribution in [3.05, 3.63) is 77.0 Å². The predicted octanol–water partition coefficient (Wildman–Crippen LogP) is 3.89. The molecule has 0 unspecified atom stereocenters. The molecule has 0 spiro atoms. The standard InChI is InChI=1S/C18H14O3/c1-2-6-13-14(19)9-10-16-18(13)15(20)11-17(21-16)12-7-4-3-5-8-12/h2-5,7-11,19H,1,6H2. The molecule has 0 aliphatic heterocycles. The van der Waals surface area contributed by atoms with E-state index in [9.17, 15) is 9.90 Å². The van der Waals surface area contributed by atoms with E-state index in [4.69, 9.17) is 4.42 Å². The first kappa shape index (κ1) is 13.2. The van der Waals surface area contributed by atoms with E-state index >= 15 is 0 Å². The Bertz CT molecular complexity index is 861. The van der Waals surface area contributed by atoms with E-state index in [1.165, 1.54) is 6.07 Å². The summed E-state index contributed by atoms with van der Waals surface area (Å²) < 4.78 is 5.83. The molecule has 0 saturated carbocycles. The zero-order chi connectivity index (χ0) is 14.8. The van der Waals surface area contributed by atoms with Crippen molar-refractivity contribution in [1.82, 2.24) is 0 Å². The van der Waals surface area contributed by atoms with Gasteiger partial charge in [-0.1, -0.05) is 36.4 Å². The zero-order valence-corrected chi connectivity index (χ0v) is 11.4. The molecule has 2 aromatic carbocycles. The summed E-state index contributed by atoms with van der Waals surface area (Å²) in [5.74, 6) is 0.602. The van der Waals surface area contributed by atoms with Crippen LogP contribution in [-0.4, -0.2) is 5.11 Å². The van der Waals surface area contributed by atoms with Crippen LogP contribution in [0.3, 0.4) is 0 Å². The van der Waals surface area contributed by atoms with Crippen molar-refractivity contribution in [3.63, 3.8) is 0 Å². The molecule has 0 radical (unpaired) electrons. The lowest BCUT2D eigenvalue weighted by molar-refractivity contribution is 0.470. The van der Waals surface area contributed by atoms with Gasteiger partial charge in [-0.15, -0.1) is 6.58 Å². The average molecular weight is 278 g/mol. The number of allylic oxidation sites excluding steroid dienone is 1. The smallest absolute Gasteiger partial charge is 0.193 e. The topological polar surface area (TPSA) is 50.4 Å². The van der Waals surface area contributed by atoms with Crippen LogP contribution in [0.15, 0.2) is 70.4 Å². The van der Waals surface area contributed by atoms with Gasteiger partial charge >= 0.3 is 0 Å². The van der Waals surface area contributed by atoms with Gasteiger partial charge in [-0.2, -0.15) is 0 Å². The maximum absolute atomic E-state index is 12.4. The lowest BCUT2D eigenvalue weighted by Gasteiger charge is -2.08. The summed E-state index contributed by atoms with van der Waals surface area (Å²) in [7, 11) is 0. The monoisotopic (exact) mass is 278 g/mol. The number of rotatable bonds is 3. The lowest BCUT2D eigenvalue weighted by Crippen LogP contribution is -2.04. The number of aromatic hydroxyl groups is 1. The third-order valence-electron chi connectivity index (χ3n) is 3.39. The maximum Gasteiger partial charge on any atom is 0.193 e. The minimum atomic E-state index is -0.164. The summed E-state index contributed by atoms with van der Waals surface area (Å²) in [6, 6.07) is 14.1. The quantitative estimate of drug-likeness (QED) is 0.739. The Hall–Kier alpha value is -2.81. The molecule has 0 bridgehead atoms. The molecule has 3 rings (SSSR count). The fourth-order valence-corrected chi connectivity index (χ4v) is 2.41. The van der Waals surface area contributed by atoms with E-state index in [-0.39, 0.29) is 11.2 Å². The minimum absolute atomic E-state index is 0.0853. The first-order chi connectivity index (χ1) is 10.2. The molecule has 1 N–H and O–H groups in total. The van der Waals surface area contributed by atoms with Gasteiger partial charge in [0.05, 0.1) is 5.39 Å². The molecule has 3 nitrogen and oxygen atoms in total. The maximum atomic E-state index is 12.4. The van der Waals surface area contributed by atoms with Crippen LogP contribution < -0.4 is 5.43 Å². The summed E-state index contributed by atoms with van der Waals surface area (Å²) >= 11 is 0. The van der Waals surface area contributed by atoms with Gasteiger partial charge in [0.1, 0.15) is 17.1 Å². The van der Waals surface area contributed by atoms with Crippen LogP contribution in [0.25, 0.3) is 22.3 Å². The van der Waals surface area contributed by atoms with E-state index in [1.807, 2.05) is 30.3 Å². The van der Waals surface area contributed by atoms with Crippen LogP contribution in [0, 0.1) is 0 Å². The van der Waals surface area contributed by atoms with Gasteiger partial charge in [-0.25, -0.2) is 0 Å². The van der Waals surface area contributed by atoms with Gasteiger partial charge in [-0.05, 0) is 18.6 Å². The van der Waals surface area contributed by atoms with Crippen LogP contribution >= 0.6 is 0 Å². The number of phenols is 1. The molecule has 0 aliphatic rings. The summed E-state index contributed by atoms with van der Waals surface area (Å²) in [4.78, 5) is 12.4. The molecule has 3 aromatic rings. The highest BCUT2D eigenvalue weighted by Gasteiger charge is 2.13. The fourth-order valence-electron chi connectivity index (χ4n) is 2.41. The van der Waals surface area contributed by atoms with Crippen molar-refractivity contribution in [2.75, 3.05) is 0 Å². The van der Waals surface area contributed by atoms with Crippen molar-refractivity contribution in [3.8, 4) is 17.1 Å². The summed E-state index contributed by atoms with van der Waals surface area (Å²) in [5.41, 5.74) is 1.70. The number of phenolic OH excluding ortho intramolecular Hbond substituents is 1. The van der Waals surface area contributed by atoms with E-state index < -0.39 is 0 Å².